The molecule has 2 aromatic rings. The van der Waals surface area contributed by atoms with E-state index in [1.165, 1.54) is 0 Å². The number of rotatable bonds is 9. The van der Waals surface area contributed by atoms with Gasteiger partial charge >= 0.3 is 12.1 Å². The van der Waals surface area contributed by atoms with Gasteiger partial charge in [-0.15, -0.1) is 0 Å². The first-order valence-corrected chi connectivity index (χ1v) is 10.1. The summed E-state index contributed by atoms with van der Waals surface area (Å²) < 4.78 is 5.41. The van der Waals surface area contributed by atoms with Crippen molar-refractivity contribution < 1.29 is 24.2 Å². The quantitative estimate of drug-likeness (QED) is 0.589. The number of alkyl carbamates (subject to hydrolysis) is 1. The van der Waals surface area contributed by atoms with Crippen LogP contribution in [0.2, 0.25) is 0 Å². The van der Waals surface area contributed by atoms with Crippen LogP contribution >= 0.6 is 0 Å². The van der Waals surface area contributed by atoms with Crippen molar-refractivity contribution in [1.82, 2.24) is 10.6 Å². The Kier molecular flexibility index (Phi) is 7.06. The van der Waals surface area contributed by atoms with Crippen molar-refractivity contribution in [2.24, 2.45) is 5.92 Å². The Morgan fingerprint density at radius 1 is 0.967 bits per heavy atom. The number of nitrogens with one attached hydrogen (secondary N) is 2. The zero-order valence-corrected chi connectivity index (χ0v) is 16.9. The second kappa shape index (κ2) is 9.91. The molecule has 0 heterocycles. The van der Waals surface area contributed by atoms with Crippen molar-refractivity contribution in [2.75, 3.05) is 19.7 Å². The van der Waals surface area contributed by atoms with Gasteiger partial charge in [-0.3, -0.25) is 9.59 Å². The van der Waals surface area contributed by atoms with Crippen LogP contribution in [0.15, 0.2) is 48.5 Å². The zero-order chi connectivity index (χ0) is 21.5. The van der Waals surface area contributed by atoms with E-state index in [9.17, 15) is 14.4 Å². The van der Waals surface area contributed by atoms with Gasteiger partial charge in [-0.25, -0.2) is 4.79 Å². The average Bonchev–Trinajstić information content (AvgIpc) is 3.06. The highest BCUT2D eigenvalue weighted by atomic mass is 16.5. The Labute approximate surface area is 175 Å². The summed E-state index contributed by atoms with van der Waals surface area (Å²) in [6.45, 7) is 2.25. The van der Waals surface area contributed by atoms with Crippen molar-refractivity contribution >= 4 is 18.0 Å². The van der Waals surface area contributed by atoms with E-state index in [0.717, 1.165) is 22.3 Å². The van der Waals surface area contributed by atoms with Gasteiger partial charge in [0.05, 0.1) is 5.92 Å². The molecule has 7 heteroatoms. The monoisotopic (exact) mass is 410 g/mol. The van der Waals surface area contributed by atoms with Gasteiger partial charge in [0.1, 0.15) is 6.61 Å². The molecule has 1 atom stereocenters. The number of benzene rings is 2. The van der Waals surface area contributed by atoms with E-state index in [2.05, 4.69) is 34.9 Å². The van der Waals surface area contributed by atoms with Gasteiger partial charge in [-0.05, 0) is 28.7 Å². The highest BCUT2D eigenvalue weighted by Gasteiger charge is 2.28. The number of carbonyl (C=O) groups excluding carboxylic acids is 2. The number of hydrogen-bond donors (Lipinski definition) is 3. The average molecular weight is 410 g/mol. The minimum absolute atomic E-state index is 0.0114. The molecule has 0 fully saturated rings. The lowest BCUT2D eigenvalue weighted by Gasteiger charge is -2.14. The summed E-state index contributed by atoms with van der Waals surface area (Å²) in [6.07, 6.45) is -0.101. The van der Waals surface area contributed by atoms with Crippen LogP contribution in [0.1, 0.15) is 36.8 Å². The Bertz CT molecular complexity index is 882. The Hall–Kier alpha value is -3.35. The second-order valence-electron chi connectivity index (χ2n) is 7.38. The predicted octanol–water partition coefficient (Wildman–Crippen LogP) is 3.14. The molecule has 2 amide bonds. The van der Waals surface area contributed by atoms with Crippen molar-refractivity contribution in [3.05, 3.63) is 59.7 Å². The van der Waals surface area contributed by atoms with Crippen LogP contribution in [0.5, 0.6) is 0 Å². The van der Waals surface area contributed by atoms with Gasteiger partial charge in [0, 0.05) is 25.4 Å². The molecular formula is C23H26N2O5. The SMILES string of the molecule is CC(CCNC(=O)CCNC(=O)OCC1c2ccccc2-c2ccccc21)C(=O)O. The van der Waals surface area contributed by atoms with Crippen molar-refractivity contribution in [3.8, 4) is 11.1 Å². The molecule has 1 aliphatic rings. The first-order valence-electron chi connectivity index (χ1n) is 10.1. The van der Waals surface area contributed by atoms with Crippen LogP contribution < -0.4 is 10.6 Å². The minimum Gasteiger partial charge on any atom is -0.481 e. The van der Waals surface area contributed by atoms with Crippen LogP contribution in [0.4, 0.5) is 4.79 Å². The van der Waals surface area contributed by atoms with Crippen molar-refractivity contribution in [1.29, 1.82) is 0 Å². The number of hydrogen-bond acceptors (Lipinski definition) is 4. The highest BCUT2D eigenvalue weighted by molar-refractivity contribution is 5.79. The molecule has 1 unspecified atom stereocenters. The summed E-state index contributed by atoms with van der Waals surface area (Å²) in [5, 5.41) is 14.0. The third kappa shape index (κ3) is 5.17. The van der Waals surface area contributed by atoms with Crippen LogP contribution in [-0.2, 0) is 14.3 Å². The predicted molar refractivity (Wildman–Crippen MR) is 112 cm³/mol. The molecule has 1 aliphatic carbocycles. The van der Waals surface area contributed by atoms with Gasteiger partial charge in [0.2, 0.25) is 5.91 Å². The molecule has 0 saturated carbocycles. The molecule has 7 nitrogen and oxygen atoms in total. The highest BCUT2D eigenvalue weighted by Crippen LogP contribution is 2.44. The largest absolute Gasteiger partial charge is 0.481 e. The number of carboxylic acids is 1. The minimum atomic E-state index is -0.888. The standard InChI is InChI=1S/C23H26N2O5/c1-15(22(27)28)10-12-24-21(26)11-13-25-23(29)30-14-20-18-8-4-2-6-16(18)17-7-3-5-9-19(17)20/h2-9,15,20H,10-14H2,1H3,(H,24,26)(H,25,29)(H,27,28). The van der Waals surface area contributed by atoms with E-state index in [0.29, 0.717) is 6.42 Å². The number of carbonyl (C=O) groups is 3. The number of amides is 2. The molecule has 0 aliphatic heterocycles. The fourth-order valence-corrected chi connectivity index (χ4v) is 3.57. The summed E-state index contributed by atoms with van der Waals surface area (Å²) >= 11 is 0. The van der Waals surface area contributed by atoms with Gasteiger partial charge in [-0.2, -0.15) is 0 Å². The van der Waals surface area contributed by atoms with E-state index in [4.69, 9.17) is 9.84 Å². The topological polar surface area (TPSA) is 105 Å². The van der Waals surface area contributed by atoms with Gasteiger partial charge < -0.3 is 20.5 Å². The molecule has 3 N–H and O–H groups in total. The molecule has 158 valence electrons. The molecule has 30 heavy (non-hydrogen) atoms. The normalized spacial score (nSPS) is 13.1. The molecule has 2 aromatic carbocycles. The lowest BCUT2D eigenvalue weighted by Crippen LogP contribution is -2.32. The molecule has 0 bridgehead atoms. The summed E-state index contributed by atoms with van der Waals surface area (Å²) in [6, 6.07) is 16.2. The number of aliphatic carboxylic acids is 1. The molecule has 0 aromatic heterocycles. The molecular weight excluding hydrogens is 384 g/mol. The number of fused-ring (bicyclic) bond motifs is 3. The van der Waals surface area contributed by atoms with Gasteiger partial charge in [-0.1, -0.05) is 55.5 Å². The molecule has 0 radical (unpaired) electrons. The van der Waals surface area contributed by atoms with Crippen molar-refractivity contribution in [2.45, 2.75) is 25.7 Å². The summed E-state index contributed by atoms with van der Waals surface area (Å²) in [5.41, 5.74) is 4.61. The van der Waals surface area contributed by atoms with Crippen LogP contribution in [0.3, 0.4) is 0 Å². The lowest BCUT2D eigenvalue weighted by atomic mass is 9.98. The molecule has 3 rings (SSSR count). The Morgan fingerprint density at radius 2 is 1.57 bits per heavy atom. The summed E-state index contributed by atoms with van der Waals surface area (Å²) in [5.74, 6) is -1.65. The first-order chi connectivity index (χ1) is 14.5. The smallest absolute Gasteiger partial charge is 0.407 e. The van der Waals surface area contributed by atoms with E-state index < -0.39 is 18.0 Å². The number of ether oxygens (including phenoxy) is 1. The van der Waals surface area contributed by atoms with E-state index in [1.807, 2.05) is 24.3 Å². The number of carboxylic acid groups (broad SMARTS) is 1. The third-order valence-corrected chi connectivity index (χ3v) is 5.29. The third-order valence-electron chi connectivity index (χ3n) is 5.29. The van der Waals surface area contributed by atoms with Gasteiger partial charge in [0.15, 0.2) is 0 Å². The fraction of sp³-hybridized carbons (Fsp3) is 0.348. The van der Waals surface area contributed by atoms with Gasteiger partial charge in [0.25, 0.3) is 0 Å². The fourth-order valence-electron chi connectivity index (χ4n) is 3.57. The van der Waals surface area contributed by atoms with Crippen molar-refractivity contribution in [3.63, 3.8) is 0 Å². The van der Waals surface area contributed by atoms with E-state index in [1.54, 1.807) is 6.92 Å². The second-order valence-corrected chi connectivity index (χ2v) is 7.38. The first kappa shape index (κ1) is 21.4. The van der Waals surface area contributed by atoms with Crippen LogP contribution in [0, 0.1) is 5.92 Å². The van der Waals surface area contributed by atoms with Crippen LogP contribution in [-0.4, -0.2) is 42.8 Å². The summed E-state index contributed by atoms with van der Waals surface area (Å²) in [7, 11) is 0. The summed E-state index contributed by atoms with van der Waals surface area (Å²) in [4.78, 5) is 34.6. The zero-order valence-electron chi connectivity index (χ0n) is 16.9. The lowest BCUT2D eigenvalue weighted by molar-refractivity contribution is -0.141. The Balaban J connectivity index is 1.41. The van der Waals surface area contributed by atoms with E-state index >= 15 is 0 Å². The maximum Gasteiger partial charge on any atom is 0.407 e. The molecule has 0 saturated heterocycles. The maximum absolute atomic E-state index is 12.1. The van der Waals surface area contributed by atoms with E-state index in [-0.39, 0.29) is 37.9 Å². The Morgan fingerprint density at radius 3 is 2.17 bits per heavy atom. The van der Waals surface area contributed by atoms with Crippen LogP contribution in [0.25, 0.3) is 11.1 Å². The maximum atomic E-state index is 12.1. The molecule has 0 spiro atoms.